The molecule has 0 aliphatic heterocycles. The van der Waals surface area contributed by atoms with Crippen LogP contribution in [-0.4, -0.2) is 24.1 Å². The topological polar surface area (TPSA) is 53.2 Å². The minimum atomic E-state index is -0.0697. The Morgan fingerprint density at radius 1 is 1.25 bits per heavy atom. The second kappa shape index (κ2) is 6.79. The zero-order valence-corrected chi connectivity index (χ0v) is 9.93. The van der Waals surface area contributed by atoms with Crippen molar-refractivity contribution in [2.45, 2.75) is 6.92 Å². The minimum Gasteiger partial charge on any atom is -0.355 e. The molecule has 0 unspecified atom stereocenters. The summed E-state index contributed by atoms with van der Waals surface area (Å²) in [5.41, 5.74) is 0.899. The van der Waals surface area contributed by atoms with Crippen LogP contribution in [0.25, 0.3) is 0 Å². The van der Waals surface area contributed by atoms with E-state index >= 15 is 0 Å². The van der Waals surface area contributed by atoms with E-state index in [9.17, 15) is 4.79 Å². The Bertz CT molecular complexity index is 354. The molecule has 0 aromatic heterocycles. The first-order valence-corrected chi connectivity index (χ1v) is 5.49. The number of para-hydroxylation sites is 1. The largest absolute Gasteiger partial charge is 0.355 e. The van der Waals surface area contributed by atoms with Gasteiger partial charge in [-0.3, -0.25) is 4.79 Å². The lowest BCUT2D eigenvalue weighted by atomic mass is 10.3. The molecule has 0 aliphatic carbocycles. The number of benzene rings is 1. The second-order valence-corrected chi connectivity index (χ2v) is 3.54. The lowest BCUT2D eigenvalue weighted by Gasteiger charge is -2.09. The van der Waals surface area contributed by atoms with Crippen molar-refractivity contribution in [2.24, 2.45) is 0 Å². The maximum atomic E-state index is 11.1. The van der Waals surface area contributed by atoms with Gasteiger partial charge in [-0.25, -0.2) is 0 Å². The third-order valence-electron chi connectivity index (χ3n) is 1.82. The number of carbonyl (C=O) groups excluding carboxylic acids is 1. The van der Waals surface area contributed by atoms with Gasteiger partial charge >= 0.3 is 0 Å². The van der Waals surface area contributed by atoms with Crippen LogP contribution in [0.15, 0.2) is 30.3 Å². The quantitative estimate of drug-likeness (QED) is 0.687. The van der Waals surface area contributed by atoms with E-state index in [4.69, 9.17) is 12.2 Å². The SMILES string of the molecule is CCNC(=O)CNC(=S)Nc1ccccc1. The molecule has 1 aromatic rings. The Labute approximate surface area is 100 Å². The number of thiocarbonyl (C=S) groups is 1. The third kappa shape index (κ3) is 4.75. The molecule has 0 aliphatic rings. The number of likely N-dealkylation sites (N-methyl/N-ethyl adjacent to an activating group) is 1. The molecule has 3 N–H and O–H groups in total. The third-order valence-corrected chi connectivity index (χ3v) is 2.06. The summed E-state index contributed by atoms with van der Waals surface area (Å²) in [6, 6.07) is 9.56. The van der Waals surface area contributed by atoms with Gasteiger partial charge in [0.15, 0.2) is 5.11 Å². The summed E-state index contributed by atoms with van der Waals surface area (Å²) in [6.07, 6.45) is 0. The van der Waals surface area contributed by atoms with Crippen LogP contribution in [0.1, 0.15) is 6.92 Å². The van der Waals surface area contributed by atoms with E-state index in [-0.39, 0.29) is 12.5 Å². The normalized spacial score (nSPS) is 9.31. The summed E-state index contributed by atoms with van der Waals surface area (Å²) in [6.45, 7) is 2.68. The summed E-state index contributed by atoms with van der Waals surface area (Å²) in [5.74, 6) is -0.0697. The van der Waals surface area contributed by atoms with Crippen molar-refractivity contribution >= 4 is 28.9 Å². The highest BCUT2D eigenvalue weighted by molar-refractivity contribution is 7.80. The first-order valence-electron chi connectivity index (χ1n) is 5.09. The highest BCUT2D eigenvalue weighted by atomic mass is 32.1. The maximum absolute atomic E-state index is 11.1. The zero-order valence-electron chi connectivity index (χ0n) is 9.12. The van der Waals surface area contributed by atoms with E-state index in [0.717, 1.165) is 5.69 Å². The van der Waals surface area contributed by atoms with E-state index in [1.807, 2.05) is 37.3 Å². The van der Waals surface area contributed by atoms with Crippen LogP contribution >= 0.6 is 12.2 Å². The number of hydrogen-bond donors (Lipinski definition) is 3. The van der Waals surface area contributed by atoms with Gasteiger partial charge in [-0.1, -0.05) is 18.2 Å². The van der Waals surface area contributed by atoms with Gasteiger partial charge in [0.1, 0.15) is 0 Å². The summed E-state index contributed by atoms with van der Waals surface area (Å²) in [7, 11) is 0. The first kappa shape index (κ1) is 12.4. The molecular weight excluding hydrogens is 222 g/mol. The van der Waals surface area contributed by atoms with Crippen molar-refractivity contribution in [1.82, 2.24) is 10.6 Å². The molecule has 0 spiro atoms. The fourth-order valence-electron chi connectivity index (χ4n) is 1.12. The number of amides is 1. The molecule has 16 heavy (non-hydrogen) atoms. The number of hydrogen-bond acceptors (Lipinski definition) is 2. The highest BCUT2D eigenvalue weighted by Gasteiger charge is 2.00. The van der Waals surface area contributed by atoms with Crippen molar-refractivity contribution in [1.29, 1.82) is 0 Å². The fourth-order valence-corrected chi connectivity index (χ4v) is 1.31. The van der Waals surface area contributed by atoms with Crippen molar-refractivity contribution in [3.8, 4) is 0 Å². The van der Waals surface area contributed by atoms with Gasteiger partial charge in [0.05, 0.1) is 6.54 Å². The van der Waals surface area contributed by atoms with E-state index in [0.29, 0.717) is 11.7 Å². The van der Waals surface area contributed by atoms with Gasteiger partial charge in [-0.05, 0) is 31.3 Å². The van der Waals surface area contributed by atoms with Gasteiger partial charge in [-0.2, -0.15) is 0 Å². The average Bonchev–Trinajstić information content (AvgIpc) is 2.28. The van der Waals surface area contributed by atoms with Crippen LogP contribution in [0, 0.1) is 0 Å². The van der Waals surface area contributed by atoms with Crippen LogP contribution < -0.4 is 16.0 Å². The van der Waals surface area contributed by atoms with Gasteiger partial charge in [0, 0.05) is 12.2 Å². The minimum absolute atomic E-state index is 0.0697. The van der Waals surface area contributed by atoms with E-state index < -0.39 is 0 Å². The molecule has 4 nitrogen and oxygen atoms in total. The Balaban J connectivity index is 2.29. The lowest BCUT2D eigenvalue weighted by molar-refractivity contribution is -0.119. The summed E-state index contributed by atoms with van der Waals surface area (Å²) in [4.78, 5) is 11.1. The molecule has 0 bridgehead atoms. The maximum Gasteiger partial charge on any atom is 0.239 e. The molecular formula is C11H15N3OS. The zero-order chi connectivity index (χ0) is 11.8. The van der Waals surface area contributed by atoms with Crippen molar-refractivity contribution in [2.75, 3.05) is 18.4 Å². The lowest BCUT2D eigenvalue weighted by Crippen LogP contribution is -2.38. The van der Waals surface area contributed by atoms with Crippen LogP contribution in [0.5, 0.6) is 0 Å². The highest BCUT2D eigenvalue weighted by Crippen LogP contribution is 2.03. The predicted octanol–water partition coefficient (Wildman–Crippen LogP) is 1.11. The van der Waals surface area contributed by atoms with Crippen molar-refractivity contribution in [3.05, 3.63) is 30.3 Å². The van der Waals surface area contributed by atoms with Crippen LogP contribution in [0.3, 0.4) is 0 Å². The molecule has 0 heterocycles. The molecule has 0 saturated heterocycles. The second-order valence-electron chi connectivity index (χ2n) is 3.13. The van der Waals surface area contributed by atoms with Crippen molar-refractivity contribution in [3.63, 3.8) is 0 Å². The summed E-state index contributed by atoms with van der Waals surface area (Å²) >= 11 is 5.04. The Hall–Kier alpha value is -1.62. The summed E-state index contributed by atoms with van der Waals surface area (Å²) < 4.78 is 0. The molecule has 1 amide bonds. The van der Waals surface area contributed by atoms with Gasteiger partial charge in [-0.15, -0.1) is 0 Å². The predicted molar refractivity (Wildman–Crippen MR) is 69.3 cm³/mol. The average molecular weight is 237 g/mol. The smallest absolute Gasteiger partial charge is 0.239 e. The van der Waals surface area contributed by atoms with Gasteiger partial charge in [0.25, 0.3) is 0 Å². The molecule has 1 rings (SSSR count). The molecule has 86 valence electrons. The monoisotopic (exact) mass is 237 g/mol. The number of nitrogens with one attached hydrogen (secondary N) is 3. The standard InChI is InChI=1S/C11H15N3OS/c1-2-12-10(15)8-13-11(16)14-9-6-4-3-5-7-9/h3-7H,2,8H2,1H3,(H,12,15)(H2,13,14,16). The van der Waals surface area contributed by atoms with Gasteiger partial charge < -0.3 is 16.0 Å². The molecule has 0 atom stereocenters. The molecule has 0 radical (unpaired) electrons. The summed E-state index contributed by atoms with van der Waals surface area (Å²) in [5, 5.41) is 8.92. The van der Waals surface area contributed by atoms with Crippen LogP contribution in [-0.2, 0) is 4.79 Å². The number of anilines is 1. The van der Waals surface area contributed by atoms with E-state index in [1.54, 1.807) is 0 Å². The number of carbonyl (C=O) groups is 1. The van der Waals surface area contributed by atoms with Gasteiger partial charge in [0.2, 0.25) is 5.91 Å². The van der Waals surface area contributed by atoms with Crippen molar-refractivity contribution < 1.29 is 4.79 Å². The first-order chi connectivity index (χ1) is 7.72. The van der Waals surface area contributed by atoms with E-state index in [2.05, 4.69) is 16.0 Å². The molecule has 5 heteroatoms. The Morgan fingerprint density at radius 3 is 2.56 bits per heavy atom. The Morgan fingerprint density at radius 2 is 1.94 bits per heavy atom. The fraction of sp³-hybridized carbons (Fsp3) is 0.273. The number of rotatable bonds is 4. The molecule has 0 fully saturated rings. The molecule has 1 aromatic carbocycles. The Kier molecular flexibility index (Phi) is 5.28. The van der Waals surface area contributed by atoms with Crippen LogP contribution in [0.4, 0.5) is 5.69 Å². The van der Waals surface area contributed by atoms with E-state index in [1.165, 1.54) is 0 Å². The van der Waals surface area contributed by atoms with Crippen LogP contribution in [0.2, 0.25) is 0 Å². The molecule has 0 saturated carbocycles.